The molecule has 1 unspecified atom stereocenters. The van der Waals surface area contributed by atoms with Crippen molar-refractivity contribution in [3.63, 3.8) is 0 Å². The molecule has 2 heterocycles. The van der Waals surface area contributed by atoms with E-state index in [0.29, 0.717) is 18.1 Å². The number of anilines is 1. The Hall–Kier alpha value is -1.98. The minimum Gasteiger partial charge on any atom is -0.469 e. The van der Waals surface area contributed by atoms with Gasteiger partial charge >= 0.3 is 5.97 Å². The standard InChI is InChI=1S/C11H13N3O3/c1-7-12-4-9(5-13-7)14-6-8(3-10(14)15)11(16)17-2/h4-5,8H,3,6H2,1-2H3. The first-order valence-electron chi connectivity index (χ1n) is 5.28. The van der Waals surface area contributed by atoms with Crippen LogP contribution in [0.5, 0.6) is 0 Å². The Bertz CT molecular complexity index is 444. The third-order valence-electron chi connectivity index (χ3n) is 2.74. The van der Waals surface area contributed by atoms with E-state index in [1.54, 1.807) is 19.3 Å². The predicted molar refractivity (Wildman–Crippen MR) is 59.2 cm³/mol. The monoisotopic (exact) mass is 235 g/mol. The molecule has 1 aliphatic heterocycles. The van der Waals surface area contributed by atoms with Crippen LogP contribution in [0.3, 0.4) is 0 Å². The maximum atomic E-state index is 11.8. The second-order valence-corrected chi connectivity index (χ2v) is 3.92. The average molecular weight is 235 g/mol. The Kier molecular flexibility index (Phi) is 3.03. The zero-order chi connectivity index (χ0) is 12.4. The molecule has 1 saturated heterocycles. The van der Waals surface area contributed by atoms with E-state index in [9.17, 15) is 9.59 Å². The van der Waals surface area contributed by atoms with Gasteiger partial charge < -0.3 is 9.64 Å². The molecule has 0 N–H and O–H groups in total. The van der Waals surface area contributed by atoms with E-state index < -0.39 is 5.92 Å². The van der Waals surface area contributed by atoms with Crippen LogP contribution in [0, 0.1) is 12.8 Å². The predicted octanol–water partition coefficient (Wildman–Crippen LogP) is 0.311. The zero-order valence-electron chi connectivity index (χ0n) is 9.71. The van der Waals surface area contributed by atoms with Crippen molar-refractivity contribution in [1.29, 1.82) is 0 Å². The maximum absolute atomic E-state index is 11.8. The molecule has 6 heteroatoms. The maximum Gasteiger partial charge on any atom is 0.311 e. The SMILES string of the molecule is COC(=O)C1CC(=O)N(c2cnc(C)nc2)C1. The van der Waals surface area contributed by atoms with Crippen molar-refractivity contribution in [3.05, 3.63) is 18.2 Å². The Morgan fingerprint density at radius 1 is 1.47 bits per heavy atom. The Balaban J connectivity index is 2.15. The molecule has 0 spiro atoms. The first-order valence-corrected chi connectivity index (χ1v) is 5.28. The van der Waals surface area contributed by atoms with Crippen LogP contribution in [0.4, 0.5) is 5.69 Å². The molecule has 17 heavy (non-hydrogen) atoms. The zero-order valence-corrected chi connectivity index (χ0v) is 9.71. The lowest BCUT2D eigenvalue weighted by Crippen LogP contribution is -2.26. The molecule has 0 saturated carbocycles. The van der Waals surface area contributed by atoms with Gasteiger partial charge in [0, 0.05) is 13.0 Å². The smallest absolute Gasteiger partial charge is 0.311 e. The molecule has 1 aromatic heterocycles. The van der Waals surface area contributed by atoms with Crippen LogP contribution in [-0.2, 0) is 14.3 Å². The average Bonchev–Trinajstić information content (AvgIpc) is 2.71. The summed E-state index contributed by atoms with van der Waals surface area (Å²) in [4.78, 5) is 32.7. The van der Waals surface area contributed by atoms with Gasteiger partial charge in [-0.1, -0.05) is 0 Å². The molecular formula is C11H13N3O3. The van der Waals surface area contributed by atoms with Gasteiger partial charge in [-0.25, -0.2) is 9.97 Å². The van der Waals surface area contributed by atoms with E-state index in [2.05, 4.69) is 14.7 Å². The number of aryl methyl sites for hydroxylation is 1. The summed E-state index contributed by atoms with van der Waals surface area (Å²) in [6, 6.07) is 0. The summed E-state index contributed by atoms with van der Waals surface area (Å²) in [7, 11) is 1.32. The summed E-state index contributed by atoms with van der Waals surface area (Å²) in [6.45, 7) is 2.10. The number of aromatic nitrogens is 2. The first-order chi connectivity index (χ1) is 8.11. The van der Waals surface area contributed by atoms with Crippen LogP contribution in [-0.4, -0.2) is 35.5 Å². The molecule has 6 nitrogen and oxygen atoms in total. The number of hydrogen-bond donors (Lipinski definition) is 0. The van der Waals surface area contributed by atoms with Gasteiger partial charge in [0.2, 0.25) is 5.91 Å². The van der Waals surface area contributed by atoms with E-state index in [1.807, 2.05) is 0 Å². The minimum atomic E-state index is -0.395. The van der Waals surface area contributed by atoms with Crippen LogP contribution >= 0.6 is 0 Å². The first kappa shape index (κ1) is 11.5. The Morgan fingerprint density at radius 3 is 2.71 bits per heavy atom. The number of esters is 1. The molecule has 0 aromatic carbocycles. The third kappa shape index (κ3) is 2.25. The lowest BCUT2D eigenvalue weighted by molar-refractivity contribution is -0.145. The number of nitrogens with zero attached hydrogens (tertiary/aromatic N) is 3. The second-order valence-electron chi connectivity index (χ2n) is 3.92. The lowest BCUT2D eigenvalue weighted by Gasteiger charge is -2.15. The number of ether oxygens (including phenoxy) is 1. The molecule has 90 valence electrons. The van der Waals surface area contributed by atoms with Crippen molar-refractivity contribution in [2.75, 3.05) is 18.6 Å². The fourth-order valence-electron chi connectivity index (χ4n) is 1.81. The van der Waals surface area contributed by atoms with Gasteiger partial charge in [-0.15, -0.1) is 0 Å². The third-order valence-corrected chi connectivity index (χ3v) is 2.74. The van der Waals surface area contributed by atoms with Gasteiger partial charge in [0.25, 0.3) is 0 Å². The van der Waals surface area contributed by atoms with E-state index in [4.69, 9.17) is 0 Å². The molecule has 1 amide bonds. The number of carbonyl (C=O) groups is 2. The van der Waals surface area contributed by atoms with Crippen molar-refractivity contribution in [2.24, 2.45) is 5.92 Å². The van der Waals surface area contributed by atoms with Crippen LogP contribution in [0.2, 0.25) is 0 Å². The van der Waals surface area contributed by atoms with Crippen LogP contribution in [0.25, 0.3) is 0 Å². The highest BCUT2D eigenvalue weighted by atomic mass is 16.5. The fraction of sp³-hybridized carbons (Fsp3) is 0.455. The quantitative estimate of drug-likeness (QED) is 0.690. The number of carbonyl (C=O) groups excluding carboxylic acids is 2. The van der Waals surface area contributed by atoms with Crippen LogP contribution in [0.1, 0.15) is 12.2 Å². The number of amides is 1. The second kappa shape index (κ2) is 4.48. The van der Waals surface area contributed by atoms with Crippen LogP contribution in [0.15, 0.2) is 12.4 Å². The lowest BCUT2D eigenvalue weighted by atomic mass is 10.1. The van der Waals surface area contributed by atoms with Gasteiger partial charge in [-0.2, -0.15) is 0 Å². The van der Waals surface area contributed by atoms with Crippen LogP contribution < -0.4 is 4.90 Å². The topological polar surface area (TPSA) is 72.4 Å². The highest BCUT2D eigenvalue weighted by Crippen LogP contribution is 2.24. The largest absolute Gasteiger partial charge is 0.469 e. The molecule has 1 aromatic rings. The number of methoxy groups -OCH3 is 1. The van der Waals surface area contributed by atoms with E-state index >= 15 is 0 Å². The van der Waals surface area contributed by atoms with Crippen molar-refractivity contribution < 1.29 is 14.3 Å². The van der Waals surface area contributed by atoms with Crippen molar-refractivity contribution >= 4 is 17.6 Å². The Morgan fingerprint density at radius 2 is 2.12 bits per heavy atom. The highest BCUT2D eigenvalue weighted by Gasteiger charge is 2.35. The summed E-state index contributed by atoms with van der Waals surface area (Å²) in [5, 5.41) is 0. The van der Waals surface area contributed by atoms with Gasteiger partial charge in [0.1, 0.15) is 5.82 Å². The van der Waals surface area contributed by atoms with Crippen molar-refractivity contribution in [2.45, 2.75) is 13.3 Å². The van der Waals surface area contributed by atoms with Gasteiger partial charge in [0.05, 0.1) is 31.1 Å². The molecule has 0 bridgehead atoms. The Labute approximate surface area is 98.6 Å². The van der Waals surface area contributed by atoms with Gasteiger partial charge in [-0.05, 0) is 6.92 Å². The van der Waals surface area contributed by atoms with E-state index in [0.717, 1.165) is 0 Å². The highest BCUT2D eigenvalue weighted by molar-refractivity contribution is 5.99. The molecule has 1 fully saturated rings. The van der Waals surface area contributed by atoms with Gasteiger partial charge in [0.15, 0.2) is 0 Å². The molecule has 0 radical (unpaired) electrons. The number of rotatable bonds is 2. The number of hydrogen-bond acceptors (Lipinski definition) is 5. The van der Waals surface area contributed by atoms with E-state index in [-0.39, 0.29) is 18.3 Å². The van der Waals surface area contributed by atoms with Crippen molar-refractivity contribution in [3.8, 4) is 0 Å². The molecular weight excluding hydrogens is 222 g/mol. The summed E-state index contributed by atoms with van der Waals surface area (Å²) in [6.07, 6.45) is 3.35. The molecule has 1 atom stereocenters. The normalized spacial score (nSPS) is 19.5. The van der Waals surface area contributed by atoms with E-state index in [1.165, 1.54) is 12.0 Å². The molecule has 0 aliphatic carbocycles. The minimum absolute atomic E-state index is 0.104. The fourth-order valence-corrected chi connectivity index (χ4v) is 1.81. The van der Waals surface area contributed by atoms with Crippen molar-refractivity contribution in [1.82, 2.24) is 9.97 Å². The summed E-state index contributed by atoms with van der Waals surface area (Å²) in [5.41, 5.74) is 0.618. The van der Waals surface area contributed by atoms with Gasteiger partial charge in [-0.3, -0.25) is 9.59 Å². The summed E-state index contributed by atoms with van der Waals surface area (Å²) >= 11 is 0. The summed E-state index contributed by atoms with van der Waals surface area (Å²) < 4.78 is 4.64. The summed E-state index contributed by atoms with van der Waals surface area (Å²) in [5.74, 6) is -0.208. The molecule has 1 aliphatic rings. The molecule has 2 rings (SSSR count).